The van der Waals surface area contributed by atoms with Gasteiger partial charge in [-0.05, 0) is 33.6 Å². The molecule has 1 amide bonds. The lowest BCUT2D eigenvalue weighted by atomic mass is 10.0. The molecular weight excluding hydrogens is 266 g/mol. The Morgan fingerprint density at radius 2 is 1.62 bits per heavy atom. The summed E-state index contributed by atoms with van der Waals surface area (Å²) < 4.78 is 0. The third kappa shape index (κ3) is 5.75. The second-order valence-corrected chi connectivity index (χ2v) is 7.33. The summed E-state index contributed by atoms with van der Waals surface area (Å²) in [5, 5.41) is 2.86. The third-order valence-electron chi connectivity index (χ3n) is 4.11. The molecule has 1 atom stereocenters. The zero-order valence-electron chi connectivity index (χ0n) is 14.4. The molecule has 1 aliphatic heterocycles. The maximum Gasteiger partial charge on any atom is 0.234 e. The summed E-state index contributed by atoms with van der Waals surface area (Å²) in [4.78, 5) is 28.2. The molecule has 0 aromatic rings. The molecule has 5 nitrogen and oxygen atoms in total. The van der Waals surface area contributed by atoms with Gasteiger partial charge in [0, 0.05) is 31.7 Å². The maximum absolute atomic E-state index is 12.1. The van der Waals surface area contributed by atoms with Gasteiger partial charge in [-0.2, -0.15) is 0 Å². The highest BCUT2D eigenvalue weighted by Crippen LogP contribution is 2.15. The summed E-state index contributed by atoms with van der Waals surface area (Å²) in [6.07, 6.45) is 0. The first-order valence-electron chi connectivity index (χ1n) is 7.88. The lowest BCUT2D eigenvalue weighted by molar-refractivity contribution is -0.128. The van der Waals surface area contributed by atoms with Gasteiger partial charge in [-0.25, -0.2) is 0 Å². The van der Waals surface area contributed by atoms with Crippen LogP contribution in [0.4, 0.5) is 0 Å². The van der Waals surface area contributed by atoms with Crippen LogP contribution >= 0.6 is 0 Å². The number of ketones is 1. The molecule has 1 heterocycles. The molecule has 1 fully saturated rings. The van der Waals surface area contributed by atoms with E-state index in [4.69, 9.17) is 0 Å². The molecule has 1 aliphatic rings. The molecule has 0 aliphatic carbocycles. The van der Waals surface area contributed by atoms with Crippen LogP contribution in [0.3, 0.4) is 0 Å². The van der Waals surface area contributed by atoms with Crippen molar-refractivity contribution < 1.29 is 9.59 Å². The normalized spacial score (nSPS) is 19.6. The lowest BCUT2D eigenvalue weighted by Gasteiger charge is -2.42. The number of hydrogen-bond donors (Lipinski definition) is 1. The Kier molecular flexibility index (Phi) is 6.35. The summed E-state index contributed by atoms with van der Waals surface area (Å²) in [7, 11) is 0. The van der Waals surface area contributed by atoms with Crippen molar-refractivity contribution in [3.8, 4) is 0 Å². The number of nitrogens with zero attached hydrogens (tertiary/aromatic N) is 2. The smallest absolute Gasteiger partial charge is 0.234 e. The molecule has 0 aromatic carbocycles. The predicted molar refractivity (Wildman–Crippen MR) is 85.2 cm³/mol. The van der Waals surface area contributed by atoms with Crippen molar-refractivity contribution >= 4 is 11.7 Å². The van der Waals surface area contributed by atoms with Gasteiger partial charge < -0.3 is 5.32 Å². The molecule has 122 valence electrons. The van der Waals surface area contributed by atoms with Crippen LogP contribution < -0.4 is 5.32 Å². The standard InChI is InChI=1S/C16H31N3O2/c1-12(2)15(13(3)20)17-14(21)11-18-7-9-19(10-8-18)16(4,5)6/h12,15H,7-11H2,1-6H3,(H,17,21). The molecule has 0 radical (unpaired) electrons. The number of amides is 1. The van der Waals surface area contributed by atoms with Crippen LogP contribution in [-0.2, 0) is 9.59 Å². The molecule has 0 aromatic heterocycles. The number of hydrogen-bond acceptors (Lipinski definition) is 4. The lowest BCUT2D eigenvalue weighted by Crippen LogP contribution is -2.55. The fourth-order valence-corrected chi connectivity index (χ4v) is 2.74. The van der Waals surface area contributed by atoms with E-state index in [0.717, 1.165) is 26.2 Å². The van der Waals surface area contributed by atoms with E-state index in [1.807, 2.05) is 13.8 Å². The van der Waals surface area contributed by atoms with Crippen molar-refractivity contribution in [1.29, 1.82) is 0 Å². The molecule has 1 rings (SSSR count). The van der Waals surface area contributed by atoms with Crippen molar-refractivity contribution in [3.63, 3.8) is 0 Å². The number of carbonyl (C=O) groups excluding carboxylic acids is 2. The van der Waals surface area contributed by atoms with Crippen molar-refractivity contribution in [2.24, 2.45) is 5.92 Å². The molecule has 1 N–H and O–H groups in total. The summed E-state index contributed by atoms with van der Waals surface area (Å²) >= 11 is 0. The monoisotopic (exact) mass is 297 g/mol. The van der Waals surface area contributed by atoms with E-state index in [1.54, 1.807) is 0 Å². The molecule has 1 unspecified atom stereocenters. The number of piperazine rings is 1. The predicted octanol–water partition coefficient (Wildman–Crippen LogP) is 1.13. The third-order valence-corrected chi connectivity index (χ3v) is 4.11. The van der Waals surface area contributed by atoms with Gasteiger partial charge in [0.15, 0.2) is 5.78 Å². The maximum atomic E-state index is 12.1. The first-order valence-corrected chi connectivity index (χ1v) is 7.88. The summed E-state index contributed by atoms with van der Waals surface area (Å²) in [6.45, 7) is 16.2. The number of Topliss-reactive ketones (excluding diaryl/α,β-unsaturated/α-hetero) is 1. The largest absolute Gasteiger partial charge is 0.345 e. The Labute approximate surface area is 129 Å². The second kappa shape index (κ2) is 7.36. The minimum Gasteiger partial charge on any atom is -0.345 e. The van der Waals surface area contributed by atoms with Gasteiger partial charge in [0.25, 0.3) is 0 Å². The Morgan fingerprint density at radius 1 is 1.10 bits per heavy atom. The van der Waals surface area contributed by atoms with Crippen LogP contribution in [0, 0.1) is 5.92 Å². The van der Waals surface area contributed by atoms with Crippen molar-refractivity contribution in [3.05, 3.63) is 0 Å². The summed E-state index contributed by atoms with van der Waals surface area (Å²) in [6, 6.07) is -0.367. The number of carbonyl (C=O) groups is 2. The van der Waals surface area contributed by atoms with E-state index in [2.05, 4.69) is 35.9 Å². The SMILES string of the molecule is CC(=O)C(NC(=O)CN1CCN(C(C)(C)C)CC1)C(C)C. The zero-order valence-corrected chi connectivity index (χ0v) is 14.4. The minimum atomic E-state index is -0.367. The van der Waals surface area contributed by atoms with E-state index in [1.165, 1.54) is 6.92 Å². The van der Waals surface area contributed by atoms with Gasteiger partial charge in [0.05, 0.1) is 12.6 Å². The second-order valence-electron chi connectivity index (χ2n) is 7.33. The van der Waals surface area contributed by atoms with Crippen LogP contribution in [0.15, 0.2) is 0 Å². The van der Waals surface area contributed by atoms with Gasteiger partial charge in [0.1, 0.15) is 0 Å². The zero-order chi connectivity index (χ0) is 16.2. The van der Waals surface area contributed by atoms with E-state index in [9.17, 15) is 9.59 Å². The Hall–Kier alpha value is -0.940. The van der Waals surface area contributed by atoms with Crippen LogP contribution in [0.1, 0.15) is 41.5 Å². The molecule has 0 spiro atoms. The van der Waals surface area contributed by atoms with E-state index >= 15 is 0 Å². The van der Waals surface area contributed by atoms with Crippen molar-refractivity contribution in [1.82, 2.24) is 15.1 Å². The fraction of sp³-hybridized carbons (Fsp3) is 0.875. The molecule has 0 bridgehead atoms. The topological polar surface area (TPSA) is 52.7 Å². The van der Waals surface area contributed by atoms with Gasteiger partial charge in [-0.1, -0.05) is 13.8 Å². The van der Waals surface area contributed by atoms with Crippen molar-refractivity contribution in [2.75, 3.05) is 32.7 Å². The van der Waals surface area contributed by atoms with E-state index < -0.39 is 0 Å². The highest BCUT2D eigenvalue weighted by atomic mass is 16.2. The van der Waals surface area contributed by atoms with Crippen LogP contribution in [0.5, 0.6) is 0 Å². The average molecular weight is 297 g/mol. The van der Waals surface area contributed by atoms with E-state index in [0.29, 0.717) is 6.54 Å². The highest BCUT2D eigenvalue weighted by molar-refractivity contribution is 5.88. The quantitative estimate of drug-likeness (QED) is 0.826. The highest BCUT2D eigenvalue weighted by Gasteiger charge is 2.27. The average Bonchev–Trinajstić information content (AvgIpc) is 2.34. The Bertz CT molecular complexity index is 366. The van der Waals surface area contributed by atoms with Crippen LogP contribution in [-0.4, -0.2) is 65.8 Å². The molecule has 1 saturated heterocycles. The van der Waals surface area contributed by atoms with E-state index in [-0.39, 0.29) is 29.2 Å². The number of rotatable bonds is 5. The fourth-order valence-electron chi connectivity index (χ4n) is 2.74. The van der Waals surface area contributed by atoms with Crippen LogP contribution in [0.25, 0.3) is 0 Å². The van der Waals surface area contributed by atoms with Gasteiger partial charge in [-0.3, -0.25) is 19.4 Å². The van der Waals surface area contributed by atoms with Gasteiger partial charge in [0.2, 0.25) is 5.91 Å². The minimum absolute atomic E-state index is 0.0240. The Morgan fingerprint density at radius 3 is 2.00 bits per heavy atom. The summed E-state index contributed by atoms with van der Waals surface area (Å²) in [5.74, 6) is 0.105. The first-order chi connectivity index (χ1) is 9.61. The van der Waals surface area contributed by atoms with Crippen LogP contribution in [0.2, 0.25) is 0 Å². The molecule has 5 heteroatoms. The van der Waals surface area contributed by atoms with Gasteiger partial charge >= 0.3 is 0 Å². The number of nitrogens with one attached hydrogen (secondary N) is 1. The Balaban J connectivity index is 2.42. The first kappa shape index (κ1) is 18.1. The molecular formula is C16H31N3O2. The molecule has 21 heavy (non-hydrogen) atoms. The van der Waals surface area contributed by atoms with Gasteiger partial charge in [-0.15, -0.1) is 0 Å². The summed E-state index contributed by atoms with van der Waals surface area (Å²) in [5.41, 5.74) is 0.186. The van der Waals surface area contributed by atoms with Crippen molar-refractivity contribution in [2.45, 2.75) is 53.1 Å². The molecule has 0 saturated carbocycles.